The highest BCUT2D eigenvalue weighted by atomic mass is 19.4. The number of piperidine rings is 1. The molecule has 1 heterocycles. The topological polar surface area (TPSA) is 24.1 Å². The summed E-state index contributed by atoms with van der Waals surface area (Å²) < 4.78 is 38.7. The summed E-state index contributed by atoms with van der Waals surface area (Å²) in [7, 11) is 0. The summed E-state index contributed by atoms with van der Waals surface area (Å²) >= 11 is 0. The molecule has 0 amide bonds. The molecule has 2 fully saturated rings. The second-order valence-electron chi connectivity index (χ2n) is 8.09. The zero-order chi connectivity index (χ0) is 19.6. The number of benzene rings is 2. The number of hydrogen-bond donors (Lipinski definition) is 2. The molecule has 4 rings (SSSR count). The van der Waals surface area contributed by atoms with Crippen LogP contribution in [0.5, 0.6) is 0 Å². The quantitative estimate of drug-likeness (QED) is 0.710. The Morgan fingerprint density at radius 3 is 2.43 bits per heavy atom. The number of hydrogen-bond acceptors (Lipinski definition) is 2. The van der Waals surface area contributed by atoms with Crippen LogP contribution in [0, 0.1) is 5.92 Å². The van der Waals surface area contributed by atoms with Crippen molar-refractivity contribution in [2.45, 2.75) is 43.8 Å². The molecule has 1 aliphatic carbocycles. The van der Waals surface area contributed by atoms with Gasteiger partial charge >= 0.3 is 6.18 Å². The van der Waals surface area contributed by atoms with Gasteiger partial charge in [-0.15, -0.1) is 0 Å². The lowest BCUT2D eigenvalue weighted by molar-refractivity contribution is -0.137. The van der Waals surface area contributed by atoms with Crippen molar-refractivity contribution < 1.29 is 13.2 Å². The highest BCUT2D eigenvalue weighted by Gasteiger charge is 2.37. The van der Waals surface area contributed by atoms with E-state index in [1.165, 1.54) is 37.0 Å². The first-order valence-electron chi connectivity index (χ1n) is 10.2. The number of halogens is 3. The van der Waals surface area contributed by atoms with Gasteiger partial charge in [-0.2, -0.15) is 13.2 Å². The summed E-state index contributed by atoms with van der Waals surface area (Å²) in [5.41, 5.74) is 2.10. The molecule has 0 aromatic heterocycles. The Labute approximate surface area is 164 Å². The van der Waals surface area contributed by atoms with E-state index in [9.17, 15) is 13.2 Å². The van der Waals surface area contributed by atoms with E-state index in [4.69, 9.17) is 0 Å². The summed E-state index contributed by atoms with van der Waals surface area (Å²) in [5.74, 6) is 1.38. The van der Waals surface area contributed by atoms with Crippen LogP contribution in [0.25, 0.3) is 11.1 Å². The Balaban J connectivity index is 1.31. The lowest BCUT2D eigenvalue weighted by atomic mass is 9.95. The normalized spacial score (nSPS) is 23.0. The Morgan fingerprint density at radius 1 is 0.964 bits per heavy atom. The Morgan fingerprint density at radius 2 is 1.71 bits per heavy atom. The second-order valence-corrected chi connectivity index (χ2v) is 8.09. The van der Waals surface area contributed by atoms with Gasteiger partial charge in [-0.1, -0.05) is 36.4 Å². The van der Waals surface area contributed by atoms with E-state index in [-0.39, 0.29) is 0 Å². The molecule has 0 radical (unpaired) electrons. The van der Waals surface area contributed by atoms with Crippen molar-refractivity contribution in [2.24, 2.45) is 5.92 Å². The Kier molecular flexibility index (Phi) is 5.74. The third-order valence-corrected chi connectivity index (χ3v) is 6.07. The van der Waals surface area contributed by atoms with Crippen molar-refractivity contribution in [3.05, 3.63) is 59.7 Å². The van der Waals surface area contributed by atoms with Gasteiger partial charge in [0, 0.05) is 12.0 Å². The van der Waals surface area contributed by atoms with Gasteiger partial charge in [-0.3, -0.25) is 0 Å². The van der Waals surface area contributed by atoms with Crippen LogP contribution >= 0.6 is 0 Å². The molecule has 2 aromatic rings. The fourth-order valence-electron chi connectivity index (χ4n) is 4.23. The second kappa shape index (κ2) is 8.26. The van der Waals surface area contributed by atoms with Gasteiger partial charge in [0.15, 0.2) is 0 Å². The van der Waals surface area contributed by atoms with Gasteiger partial charge in [0.25, 0.3) is 0 Å². The summed E-state index contributed by atoms with van der Waals surface area (Å²) in [6.07, 6.45) is 0.658. The van der Waals surface area contributed by atoms with Gasteiger partial charge < -0.3 is 10.6 Å². The van der Waals surface area contributed by atoms with Crippen LogP contribution in [0.15, 0.2) is 48.5 Å². The van der Waals surface area contributed by atoms with Crippen molar-refractivity contribution in [2.75, 3.05) is 19.6 Å². The maximum Gasteiger partial charge on any atom is 0.416 e. The number of nitrogens with one attached hydrogen (secondary N) is 2. The van der Waals surface area contributed by atoms with E-state index in [2.05, 4.69) is 22.8 Å². The molecule has 150 valence electrons. The molecule has 2 aliphatic rings. The third-order valence-electron chi connectivity index (χ3n) is 6.07. The molecule has 5 heteroatoms. The minimum Gasteiger partial charge on any atom is -0.317 e. The van der Waals surface area contributed by atoms with Crippen LogP contribution in [-0.4, -0.2) is 25.7 Å². The van der Waals surface area contributed by atoms with Crippen LogP contribution in [0.3, 0.4) is 0 Å². The van der Waals surface area contributed by atoms with Crippen molar-refractivity contribution >= 4 is 0 Å². The van der Waals surface area contributed by atoms with E-state index in [1.807, 2.05) is 12.1 Å². The first kappa shape index (κ1) is 19.5. The van der Waals surface area contributed by atoms with E-state index >= 15 is 0 Å². The van der Waals surface area contributed by atoms with E-state index in [0.29, 0.717) is 17.5 Å². The molecule has 1 aliphatic heterocycles. The Bertz CT molecular complexity index is 779. The van der Waals surface area contributed by atoms with Gasteiger partial charge in [0.05, 0.1) is 5.56 Å². The standard InChI is InChI=1S/C23H27F3N2/c24-23(25,26)20-3-1-2-19(14-20)17-4-6-18(7-5-17)21-15-22(21)28-13-10-16-8-11-27-12-9-16/h1-7,14,16,21-22,27-28H,8-13,15H2/t21-,22-/m0/s1. The minimum absolute atomic E-state index is 0.531. The largest absolute Gasteiger partial charge is 0.416 e. The summed E-state index contributed by atoms with van der Waals surface area (Å²) in [4.78, 5) is 0. The van der Waals surface area contributed by atoms with Gasteiger partial charge in [-0.25, -0.2) is 0 Å². The number of rotatable bonds is 6. The van der Waals surface area contributed by atoms with Crippen LogP contribution in [0.1, 0.15) is 42.7 Å². The van der Waals surface area contributed by atoms with Crippen LogP contribution in [-0.2, 0) is 6.18 Å². The van der Waals surface area contributed by atoms with Gasteiger partial charge in [0.1, 0.15) is 0 Å². The lowest BCUT2D eigenvalue weighted by Crippen LogP contribution is -2.30. The minimum atomic E-state index is -4.31. The average molecular weight is 388 g/mol. The smallest absolute Gasteiger partial charge is 0.317 e. The first-order valence-corrected chi connectivity index (χ1v) is 10.2. The fraction of sp³-hybridized carbons (Fsp3) is 0.478. The highest BCUT2D eigenvalue weighted by molar-refractivity contribution is 5.65. The Hall–Kier alpha value is -1.85. The maximum absolute atomic E-state index is 12.9. The molecule has 0 bridgehead atoms. The summed E-state index contributed by atoms with van der Waals surface area (Å²) in [6.45, 7) is 3.37. The third kappa shape index (κ3) is 4.76. The molecule has 2 aromatic carbocycles. The van der Waals surface area contributed by atoms with E-state index < -0.39 is 11.7 Å². The fourth-order valence-corrected chi connectivity index (χ4v) is 4.23. The highest BCUT2D eigenvalue weighted by Crippen LogP contribution is 2.41. The zero-order valence-corrected chi connectivity index (χ0v) is 15.9. The zero-order valence-electron chi connectivity index (χ0n) is 15.9. The average Bonchev–Trinajstić information content (AvgIpc) is 3.48. The van der Waals surface area contributed by atoms with Crippen LogP contribution in [0.2, 0.25) is 0 Å². The molecule has 1 saturated heterocycles. The molecule has 2 N–H and O–H groups in total. The SMILES string of the molecule is FC(F)(F)c1cccc(-c2ccc([C@@H]3C[C@@H]3NCCC3CCNCC3)cc2)c1. The molecule has 2 atom stereocenters. The monoisotopic (exact) mass is 388 g/mol. The molecule has 2 nitrogen and oxygen atoms in total. The van der Waals surface area contributed by atoms with Gasteiger partial charge in [-0.05, 0) is 80.1 Å². The van der Waals surface area contributed by atoms with E-state index in [1.54, 1.807) is 6.07 Å². The maximum atomic E-state index is 12.9. The summed E-state index contributed by atoms with van der Waals surface area (Å²) in [5, 5.41) is 7.08. The van der Waals surface area contributed by atoms with Crippen molar-refractivity contribution in [3.63, 3.8) is 0 Å². The summed E-state index contributed by atoms with van der Waals surface area (Å²) in [6, 6.07) is 14.1. The first-order chi connectivity index (χ1) is 13.5. The lowest BCUT2D eigenvalue weighted by Gasteiger charge is -2.22. The number of alkyl halides is 3. The molecular weight excluding hydrogens is 361 g/mol. The van der Waals surface area contributed by atoms with Crippen LogP contribution < -0.4 is 10.6 Å². The van der Waals surface area contributed by atoms with Crippen molar-refractivity contribution in [1.82, 2.24) is 10.6 Å². The molecule has 0 spiro atoms. The predicted molar refractivity (Wildman–Crippen MR) is 106 cm³/mol. The molecule has 28 heavy (non-hydrogen) atoms. The molecule has 1 saturated carbocycles. The van der Waals surface area contributed by atoms with Gasteiger partial charge in [0.2, 0.25) is 0 Å². The van der Waals surface area contributed by atoms with Crippen molar-refractivity contribution in [3.8, 4) is 11.1 Å². The van der Waals surface area contributed by atoms with Crippen molar-refractivity contribution in [1.29, 1.82) is 0 Å². The predicted octanol–water partition coefficient (Wildman–Crippen LogP) is 5.21. The van der Waals surface area contributed by atoms with Crippen LogP contribution in [0.4, 0.5) is 13.2 Å². The van der Waals surface area contributed by atoms with E-state index in [0.717, 1.165) is 43.6 Å². The molecular formula is C23H27F3N2. The molecule has 0 unspecified atom stereocenters.